The summed E-state index contributed by atoms with van der Waals surface area (Å²) in [4.78, 5) is 0. The number of aryl methyl sites for hydroxylation is 3. The first kappa shape index (κ1) is 14.5. The first-order valence-electron chi connectivity index (χ1n) is 6.70. The van der Waals surface area contributed by atoms with Crippen molar-refractivity contribution in [2.24, 2.45) is 0 Å². The molecule has 1 aromatic heterocycles. The molecule has 2 aromatic rings. The number of aromatic nitrogens is 2. The van der Waals surface area contributed by atoms with E-state index in [-0.39, 0.29) is 0 Å². The quantitative estimate of drug-likeness (QED) is 0.846. The number of anilines is 2. The van der Waals surface area contributed by atoms with Gasteiger partial charge in [-0.25, -0.2) is 0 Å². The normalized spacial score (nSPS) is 10.4. The number of benzene rings is 1. The predicted octanol–water partition coefficient (Wildman–Crippen LogP) is 3.64. The largest absolute Gasteiger partial charge is 0.332 e. The molecule has 0 saturated carbocycles. The lowest BCUT2D eigenvalue weighted by Gasteiger charge is -2.11. The van der Waals surface area contributed by atoms with Crippen LogP contribution in [0, 0.1) is 20.8 Å². The van der Waals surface area contributed by atoms with Gasteiger partial charge in [0.25, 0.3) is 0 Å². The topological polar surface area (TPSA) is 41.9 Å². The van der Waals surface area contributed by atoms with E-state index in [1.165, 1.54) is 5.56 Å². The number of thiocarbonyl (C=S) groups is 1. The Hall–Kier alpha value is -1.88. The van der Waals surface area contributed by atoms with Gasteiger partial charge < -0.3 is 10.6 Å². The fraction of sp³-hybridized carbons (Fsp3) is 0.333. The Bertz CT molecular complexity index is 631. The summed E-state index contributed by atoms with van der Waals surface area (Å²) in [7, 11) is 0. The lowest BCUT2D eigenvalue weighted by Crippen LogP contribution is -2.20. The maximum atomic E-state index is 5.37. The van der Waals surface area contributed by atoms with E-state index in [1.807, 2.05) is 30.7 Å². The highest BCUT2D eigenvalue weighted by Crippen LogP contribution is 2.20. The predicted molar refractivity (Wildman–Crippen MR) is 88.4 cm³/mol. The molecule has 5 heteroatoms. The van der Waals surface area contributed by atoms with Crippen molar-refractivity contribution in [3.63, 3.8) is 0 Å². The minimum atomic E-state index is 0.581. The van der Waals surface area contributed by atoms with Gasteiger partial charge in [-0.1, -0.05) is 12.1 Å². The van der Waals surface area contributed by atoms with Crippen LogP contribution in [-0.4, -0.2) is 14.9 Å². The van der Waals surface area contributed by atoms with Crippen LogP contribution in [0.5, 0.6) is 0 Å². The van der Waals surface area contributed by atoms with Crippen LogP contribution in [0.15, 0.2) is 24.3 Å². The van der Waals surface area contributed by atoms with Gasteiger partial charge in [-0.05, 0) is 57.6 Å². The van der Waals surface area contributed by atoms with Crippen molar-refractivity contribution in [2.45, 2.75) is 34.2 Å². The van der Waals surface area contributed by atoms with Gasteiger partial charge in [0.05, 0.1) is 17.1 Å². The molecule has 2 rings (SSSR count). The van der Waals surface area contributed by atoms with E-state index in [2.05, 4.69) is 41.7 Å². The highest BCUT2D eigenvalue weighted by Gasteiger charge is 2.11. The Kier molecular flexibility index (Phi) is 4.39. The Morgan fingerprint density at radius 3 is 2.60 bits per heavy atom. The lowest BCUT2D eigenvalue weighted by molar-refractivity contribution is 0.634. The number of nitrogens with zero attached hydrogens (tertiary/aromatic N) is 2. The average molecular weight is 288 g/mol. The van der Waals surface area contributed by atoms with E-state index in [0.29, 0.717) is 5.11 Å². The molecular weight excluding hydrogens is 268 g/mol. The molecule has 0 unspecified atom stereocenters. The van der Waals surface area contributed by atoms with Crippen molar-refractivity contribution >= 4 is 28.7 Å². The minimum Gasteiger partial charge on any atom is -0.332 e. The summed E-state index contributed by atoms with van der Waals surface area (Å²) in [5.74, 6) is 0. The van der Waals surface area contributed by atoms with E-state index in [4.69, 9.17) is 12.2 Å². The second-order valence-corrected chi connectivity index (χ2v) is 5.22. The van der Waals surface area contributed by atoms with Crippen LogP contribution in [0.1, 0.15) is 23.9 Å². The Labute approximate surface area is 125 Å². The van der Waals surface area contributed by atoms with E-state index < -0.39 is 0 Å². The molecule has 4 nitrogen and oxygen atoms in total. The third kappa shape index (κ3) is 3.17. The summed E-state index contributed by atoms with van der Waals surface area (Å²) in [5, 5.41) is 11.5. The van der Waals surface area contributed by atoms with Gasteiger partial charge in [-0.15, -0.1) is 0 Å². The van der Waals surface area contributed by atoms with Crippen LogP contribution in [0.4, 0.5) is 11.4 Å². The second-order valence-electron chi connectivity index (χ2n) is 4.81. The van der Waals surface area contributed by atoms with Crippen molar-refractivity contribution in [2.75, 3.05) is 10.6 Å². The summed E-state index contributed by atoms with van der Waals surface area (Å²) >= 11 is 5.37. The average Bonchev–Trinajstić information content (AvgIpc) is 2.66. The van der Waals surface area contributed by atoms with Gasteiger partial charge in [0.1, 0.15) is 0 Å². The van der Waals surface area contributed by atoms with E-state index in [9.17, 15) is 0 Å². The van der Waals surface area contributed by atoms with Crippen molar-refractivity contribution in [1.82, 2.24) is 9.78 Å². The van der Waals surface area contributed by atoms with Gasteiger partial charge in [0.15, 0.2) is 5.11 Å². The van der Waals surface area contributed by atoms with E-state index in [1.54, 1.807) is 0 Å². The zero-order chi connectivity index (χ0) is 14.7. The molecule has 106 valence electrons. The SMILES string of the molecule is CCn1nc(C)c(NC(=S)Nc2cccc(C)c2)c1C. The lowest BCUT2D eigenvalue weighted by atomic mass is 10.2. The Morgan fingerprint density at radius 1 is 1.25 bits per heavy atom. The van der Waals surface area contributed by atoms with Crippen molar-refractivity contribution in [1.29, 1.82) is 0 Å². The molecule has 0 bridgehead atoms. The van der Waals surface area contributed by atoms with Crippen LogP contribution in [0.25, 0.3) is 0 Å². The van der Waals surface area contributed by atoms with Gasteiger partial charge >= 0.3 is 0 Å². The van der Waals surface area contributed by atoms with Crippen LogP contribution in [0.2, 0.25) is 0 Å². The zero-order valence-corrected chi connectivity index (χ0v) is 13.1. The first-order chi connectivity index (χ1) is 9.51. The summed E-state index contributed by atoms with van der Waals surface area (Å²) in [6.45, 7) is 9.01. The molecule has 0 radical (unpaired) electrons. The third-order valence-electron chi connectivity index (χ3n) is 3.20. The molecule has 20 heavy (non-hydrogen) atoms. The van der Waals surface area contributed by atoms with Gasteiger partial charge in [0, 0.05) is 12.2 Å². The molecular formula is C15H20N4S. The maximum Gasteiger partial charge on any atom is 0.175 e. The standard InChI is InChI=1S/C15H20N4S/c1-5-19-12(4)14(11(3)18-19)17-15(20)16-13-8-6-7-10(2)9-13/h6-9H,5H2,1-4H3,(H2,16,17,20). The molecule has 0 fully saturated rings. The van der Waals surface area contributed by atoms with Crippen LogP contribution in [0.3, 0.4) is 0 Å². The van der Waals surface area contributed by atoms with E-state index >= 15 is 0 Å². The molecule has 0 aliphatic rings. The minimum absolute atomic E-state index is 0.581. The molecule has 1 aromatic carbocycles. The molecule has 2 N–H and O–H groups in total. The number of hydrogen-bond donors (Lipinski definition) is 2. The summed E-state index contributed by atoms with van der Waals surface area (Å²) < 4.78 is 1.97. The molecule has 0 atom stereocenters. The van der Waals surface area contributed by atoms with E-state index in [0.717, 1.165) is 29.3 Å². The second kappa shape index (κ2) is 6.05. The fourth-order valence-electron chi connectivity index (χ4n) is 2.18. The maximum absolute atomic E-state index is 5.37. The third-order valence-corrected chi connectivity index (χ3v) is 3.40. The zero-order valence-electron chi connectivity index (χ0n) is 12.3. The Morgan fingerprint density at radius 2 is 2.00 bits per heavy atom. The number of rotatable bonds is 3. The van der Waals surface area contributed by atoms with Crippen molar-refractivity contribution in [3.05, 3.63) is 41.2 Å². The number of hydrogen-bond acceptors (Lipinski definition) is 2. The summed E-state index contributed by atoms with van der Waals surface area (Å²) in [5.41, 5.74) is 5.22. The van der Waals surface area contributed by atoms with Crippen LogP contribution < -0.4 is 10.6 Å². The van der Waals surface area contributed by atoms with Gasteiger partial charge in [-0.3, -0.25) is 4.68 Å². The number of nitrogens with one attached hydrogen (secondary N) is 2. The molecule has 0 saturated heterocycles. The van der Waals surface area contributed by atoms with Gasteiger partial charge in [-0.2, -0.15) is 5.10 Å². The summed E-state index contributed by atoms with van der Waals surface area (Å²) in [6.07, 6.45) is 0. The fourth-order valence-corrected chi connectivity index (χ4v) is 2.40. The highest BCUT2D eigenvalue weighted by molar-refractivity contribution is 7.80. The first-order valence-corrected chi connectivity index (χ1v) is 7.10. The molecule has 0 aliphatic heterocycles. The molecule has 0 spiro atoms. The van der Waals surface area contributed by atoms with Gasteiger partial charge in [0.2, 0.25) is 0 Å². The molecule has 1 heterocycles. The molecule has 0 amide bonds. The molecule has 0 aliphatic carbocycles. The van der Waals surface area contributed by atoms with Crippen LogP contribution >= 0.6 is 12.2 Å². The smallest absolute Gasteiger partial charge is 0.175 e. The monoisotopic (exact) mass is 288 g/mol. The highest BCUT2D eigenvalue weighted by atomic mass is 32.1. The Balaban J connectivity index is 2.10. The summed E-state index contributed by atoms with van der Waals surface area (Å²) in [6, 6.07) is 8.12. The van der Waals surface area contributed by atoms with Crippen molar-refractivity contribution in [3.8, 4) is 0 Å². The van der Waals surface area contributed by atoms with Crippen molar-refractivity contribution < 1.29 is 0 Å². The van der Waals surface area contributed by atoms with Crippen LogP contribution in [-0.2, 0) is 6.54 Å².